The van der Waals surface area contributed by atoms with Crippen molar-refractivity contribution in [3.8, 4) is 0 Å². The molecular weight excluding hydrogens is 1440 g/mol. The van der Waals surface area contributed by atoms with E-state index in [0.29, 0.717) is 5.56 Å². The maximum absolute atomic E-state index is 13.9. The number of aliphatic hydroxyl groups is 1. The number of carboxylic acid groups (broad SMARTS) is 2. The summed E-state index contributed by atoms with van der Waals surface area (Å²) in [5, 5.41) is 67.1. The number of nitrogens with two attached hydrogens (primary N) is 2. The maximum Gasteiger partial charge on any atom is 0.327 e. The Morgan fingerprint density at radius 1 is 0.462 bits per heavy atom. The summed E-state index contributed by atoms with van der Waals surface area (Å²) in [5.41, 5.74) is 12.1. The van der Waals surface area contributed by atoms with Crippen LogP contribution in [0, 0.1) is 17.8 Å². The first-order chi connectivity index (χ1) is 49.8. The van der Waals surface area contributed by atoms with Crippen LogP contribution in [0.5, 0.6) is 0 Å². The predicted molar refractivity (Wildman–Crippen MR) is 380 cm³/mol. The molecule has 590 valence electrons. The summed E-state index contributed by atoms with van der Waals surface area (Å²) in [6.45, 7) is 8.37. The molecule has 0 aliphatic carbocycles. The Kier molecular flexibility index (Phi) is 41.0. The Bertz CT molecular complexity index is 3300. The van der Waals surface area contributed by atoms with Crippen LogP contribution in [0.2, 0.25) is 0 Å². The number of primary amides is 1. The van der Waals surface area contributed by atoms with Gasteiger partial charge in [-0.3, -0.25) is 86.3 Å². The summed E-state index contributed by atoms with van der Waals surface area (Å²) < 4.78 is 0. The lowest BCUT2D eigenvalue weighted by atomic mass is 9.97. The van der Waals surface area contributed by atoms with Gasteiger partial charge in [0.15, 0.2) is 0 Å². The fourth-order valence-corrected chi connectivity index (χ4v) is 11.7. The van der Waals surface area contributed by atoms with Crippen LogP contribution < -0.4 is 96.5 Å². The maximum atomic E-state index is 13.9. The number of aliphatic carboxylic acids is 2. The van der Waals surface area contributed by atoms with Crippen molar-refractivity contribution in [2.24, 2.45) is 29.2 Å². The molecule has 0 bridgehead atoms. The molecule has 0 radical (unpaired) electrons. The fourth-order valence-electron chi connectivity index (χ4n) is 9.43. The number of benzene rings is 1. The van der Waals surface area contributed by atoms with Crippen LogP contribution in [0.25, 0.3) is 0 Å². The first kappa shape index (κ1) is 91.9. The van der Waals surface area contributed by atoms with Gasteiger partial charge < -0.3 is 112 Å². The number of aliphatic hydroxyl groups excluding tert-OH is 1. The highest BCUT2D eigenvalue weighted by Gasteiger charge is 2.37. The molecule has 0 saturated carbocycles. The van der Waals surface area contributed by atoms with Gasteiger partial charge in [0.1, 0.15) is 66.5 Å². The van der Waals surface area contributed by atoms with Crippen molar-refractivity contribution in [1.29, 1.82) is 0 Å². The van der Waals surface area contributed by atoms with Gasteiger partial charge >= 0.3 is 11.9 Å². The van der Waals surface area contributed by atoms with Crippen LogP contribution in [0.3, 0.4) is 0 Å². The van der Waals surface area contributed by atoms with E-state index < -0.39 is 255 Å². The summed E-state index contributed by atoms with van der Waals surface area (Å²) in [6.07, 6.45) is -1.67. The summed E-state index contributed by atoms with van der Waals surface area (Å²) in [5.74, 6) is -21.9. The highest BCUT2D eigenvalue weighted by Crippen LogP contribution is 2.23. The van der Waals surface area contributed by atoms with Gasteiger partial charge in [-0.25, -0.2) is 4.79 Å². The Hall–Kier alpha value is -10.2. The average molecular weight is 1540 g/mol. The van der Waals surface area contributed by atoms with E-state index in [1.807, 2.05) is 0 Å². The van der Waals surface area contributed by atoms with Crippen LogP contribution in [0.1, 0.15) is 106 Å². The van der Waals surface area contributed by atoms with Gasteiger partial charge in [-0.2, -0.15) is 0 Å². The molecule has 1 aliphatic rings. The number of carboxylic acids is 2. The van der Waals surface area contributed by atoms with Gasteiger partial charge in [-0.1, -0.05) is 106 Å². The SMILES string of the molecule is CC[C@H](C)[C@@H]1NC(=O)[C@H](C)NC(=O)[C@H](CC(=O)O)NC(=O)[C@H]([C@@H](C)CC)NC(=O)[C@H](C)NC(=O)CNC(=O)CNC(=O)[C@H](Cc2ccccc2)NC(=O)[C@H](N)CSSC[C@H](C(=O)O)NC(=O)CNC(=O)[C@H](CC(C)C)NC(=O)CNC(=O)[C@H](CO)NC(=O)[C@H](CCC(N)=O)NC(=O)[C@H](C)NC(=O)CNC1=O. The monoisotopic (exact) mass is 1540 g/mol. The smallest absolute Gasteiger partial charge is 0.327 e. The standard InChI is InChI=1S/C64H100N18O22S2/c1-10-31(5)51-62(101)71-24-47(87)72-33(7)53(92)77-38(17-18-44(66)84)60(99)80-42(27-83)59(98)70-25-48(88)75-39(19-30(3)4)57(96)69-26-49(89)76-43(64(103)104)29-106-105-28-37(65)56(95)78-40(20-36-15-13-12-14-16-36)58(97)68-22-45(85)67-23-46(86)73-34(8)54(93)82-52(32(6)11-2)63(102)79-41(21-50(90)91)61(100)74-35(9)55(94)81-51/h12-16,30-35,37-43,51-52,83H,10-11,17-29,65H2,1-9H3,(H2,66,84)(H,67,85)(H,68,97)(H,69,96)(H,70,98)(H,71,101)(H,72,87)(H,73,86)(H,74,100)(H,75,88)(H,76,89)(H,77,92)(H,78,95)(H,79,102)(H,80,99)(H,81,94)(H,82,93)(H,90,91)(H,103,104)/t31-,32-,33-,34-,35-,37+,38-,39-,40-,41-,42-,43+,51-,52-/m0/s1. The molecule has 2 rings (SSSR count). The number of nitrogens with one attached hydrogen (secondary N) is 16. The van der Waals surface area contributed by atoms with Crippen LogP contribution in [-0.2, 0) is 97.5 Å². The molecule has 0 aromatic heterocycles. The first-order valence-corrected chi connectivity index (χ1v) is 36.3. The van der Waals surface area contributed by atoms with Crippen LogP contribution in [0.4, 0.5) is 0 Å². The third-order valence-electron chi connectivity index (χ3n) is 16.0. The van der Waals surface area contributed by atoms with Crippen LogP contribution in [0.15, 0.2) is 30.3 Å². The molecular formula is C64H100N18O22S2. The van der Waals surface area contributed by atoms with Gasteiger partial charge in [0.2, 0.25) is 100 Å². The van der Waals surface area contributed by atoms with E-state index in [1.54, 1.807) is 71.9 Å². The Labute approximate surface area is 618 Å². The van der Waals surface area contributed by atoms with E-state index in [1.165, 1.54) is 20.8 Å². The second-order valence-corrected chi connectivity index (χ2v) is 27.9. The number of carbonyl (C=O) groups is 19. The number of rotatable bonds is 15. The van der Waals surface area contributed by atoms with Crippen LogP contribution in [-0.4, -0.2) is 251 Å². The van der Waals surface area contributed by atoms with Crippen molar-refractivity contribution in [2.75, 3.05) is 50.8 Å². The van der Waals surface area contributed by atoms with Gasteiger partial charge in [0, 0.05) is 24.3 Å². The highest BCUT2D eigenvalue weighted by molar-refractivity contribution is 8.76. The lowest BCUT2D eigenvalue weighted by Crippen LogP contribution is -2.60. The number of amides is 17. The van der Waals surface area contributed by atoms with Gasteiger partial charge in [0.25, 0.3) is 0 Å². The topological polar surface area (TPSA) is 630 Å². The van der Waals surface area contributed by atoms with E-state index in [4.69, 9.17) is 11.5 Å². The largest absolute Gasteiger partial charge is 0.481 e. The molecule has 23 N–H and O–H groups in total. The van der Waals surface area contributed by atoms with E-state index in [2.05, 4.69) is 85.1 Å². The molecule has 1 aromatic carbocycles. The van der Waals surface area contributed by atoms with E-state index in [0.717, 1.165) is 21.6 Å². The highest BCUT2D eigenvalue weighted by atomic mass is 33.1. The third kappa shape index (κ3) is 34.6. The molecule has 42 heteroatoms. The second-order valence-electron chi connectivity index (χ2n) is 25.3. The number of hydrogen-bond acceptors (Lipinski definition) is 23. The van der Waals surface area contributed by atoms with E-state index >= 15 is 0 Å². The van der Waals surface area contributed by atoms with Crippen molar-refractivity contribution in [2.45, 2.75) is 180 Å². The molecule has 40 nitrogen and oxygen atoms in total. The molecule has 1 aliphatic heterocycles. The lowest BCUT2D eigenvalue weighted by Gasteiger charge is -2.28. The Morgan fingerprint density at radius 3 is 1.40 bits per heavy atom. The number of hydrogen-bond donors (Lipinski definition) is 21. The van der Waals surface area contributed by atoms with Gasteiger partial charge in [-0.15, -0.1) is 0 Å². The van der Waals surface area contributed by atoms with Gasteiger partial charge in [0.05, 0.1) is 51.8 Å². The average Bonchev–Trinajstić information content (AvgIpc) is 0.855. The third-order valence-corrected chi connectivity index (χ3v) is 18.4. The summed E-state index contributed by atoms with van der Waals surface area (Å²) in [4.78, 5) is 250. The minimum Gasteiger partial charge on any atom is -0.481 e. The van der Waals surface area contributed by atoms with Crippen molar-refractivity contribution in [3.63, 3.8) is 0 Å². The molecule has 0 unspecified atom stereocenters. The first-order valence-electron chi connectivity index (χ1n) is 33.9. The summed E-state index contributed by atoms with van der Waals surface area (Å²) >= 11 is 0. The summed E-state index contributed by atoms with van der Waals surface area (Å²) in [6, 6.07) is -9.80. The molecule has 106 heavy (non-hydrogen) atoms. The molecule has 1 fully saturated rings. The number of carbonyl (C=O) groups excluding carboxylic acids is 17. The van der Waals surface area contributed by atoms with Crippen molar-refractivity contribution in [3.05, 3.63) is 35.9 Å². The van der Waals surface area contributed by atoms with E-state index in [-0.39, 0.29) is 43.1 Å². The normalized spacial score (nSPS) is 26.1. The van der Waals surface area contributed by atoms with Crippen molar-refractivity contribution < 1.29 is 106 Å². The molecule has 1 aromatic rings. The lowest BCUT2D eigenvalue weighted by molar-refractivity contribution is -0.142. The van der Waals surface area contributed by atoms with Crippen molar-refractivity contribution >= 4 is 134 Å². The molecule has 1 heterocycles. The molecule has 14 atom stereocenters. The minimum absolute atomic E-state index is 0.0200. The fraction of sp³-hybridized carbons (Fsp3) is 0.609. The quantitative estimate of drug-likeness (QED) is 0.0725. The van der Waals surface area contributed by atoms with E-state index in [9.17, 15) is 106 Å². The predicted octanol–water partition coefficient (Wildman–Crippen LogP) is -8.12. The zero-order valence-electron chi connectivity index (χ0n) is 60.2. The Morgan fingerprint density at radius 2 is 0.887 bits per heavy atom. The molecule has 0 spiro atoms. The van der Waals surface area contributed by atoms with Gasteiger partial charge in [-0.05, 0) is 56.9 Å². The molecule has 17 amide bonds. The zero-order chi connectivity index (χ0) is 80.1. The minimum atomic E-state index is -1.88. The summed E-state index contributed by atoms with van der Waals surface area (Å²) in [7, 11) is 1.83. The van der Waals surface area contributed by atoms with Crippen LogP contribution >= 0.6 is 21.6 Å². The molecule has 1 saturated heterocycles. The zero-order valence-corrected chi connectivity index (χ0v) is 61.9. The second kappa shape index (κ2) is 47.3. The Balaban J connectivity index is 2.47. The van der Waals surface area contributed by atoms with Crippen molar-refractivity contribution in [1.82, 2.24) is 85.1 Å².